The van der Waals surface area contributed by atoms with Crippen molar-refractivity contribution in [1.29, 1.82) is 0 Å². The van der Waals surface area contributed by atoms with Crippen molar-refractivity contribution >= 4 is 17.9 Å². The lowest BCUT2D eigenvalue weighted by Gasteiger charge is -2.26. The highest BCUT2D eigenvalue weighted by atomic mass is 16.7. The summed E-state index contributed by atoms with van der Waals surface area (Å²) >= 11 is 0. The second-order valence-electron chi connectivity index (χ2n) is 22.6. The molecule has 0 aromatic rings. The Morgan fingerprint density at radius 3 is 0.931 bits per heavy atom. The standard InChI is InChI=1S/C78H121NO8/c1-6-8-10-12-14-16-18-20-22-24-26-28-30-32-33-34-35-36-37-38-39-40-41-42-43-45-47-49-51-53-55-57-59-61-63-65-67-69-76(81)87-74(73-86-78(77(82)83)84-71-70-79(3,4)5)72-85-75(80)68-66-64-62-60-58-56-54-52-50-48-46-44-31-29-27-25-23-21-19-17-15-13-11-9-7-2/h8-11,14-17,20-23,26-29,32-33,35-36,38-39,41-42,44-47,51,53,57,59,74,78H,6-7,12-13,18-19,24-25,30-31,34,37,40,43,48-50,52,54-56,58,60-73H2,1-5H3/b10-8-,11-9-,16-14-,17-15-,22-20-,23-21-,28-26-,29-27-,33-32-,36-35-,39-38-,42-41-,46-44-,47-45-,53-51-,59-57-. The minimum atomic E-state index is -1.65. The molecule has 0 bridgehead atoms. The molecule has 0 aromatic carbocycles. The Morgan fingerprint density at radius 2 is 0.621 bits per heavy atom. The zero-order valence-corrected chi connectivity index (χ0v) is 55.3. The lowest BCUT2D eigenvalue weighted by molar-refractivity contribution is -0.870. The maximum atomic E-state index is 12.9. The highest BCUT2D eigenvalue weighted by molar-refractivity contribution is 5.70. The number of likely N-dealkylation sites (N-methyl/N-ethyl adjacent to an activating group) is 1. The van der Waals surface area contributed by atoms with E-state index in [2.05, 4.69) is 208 Å². The molecule has 0 rings (SSSR count). The average Bonchev–Trinajstić information content (AvgIpc) is 3.57. The van der Waals surface area contributed by atoms with Crippen molar-refractivity contribution in [3.05, 3.63) is 194 Å². The highest BCUT2D eigenvalue weighted by Gasteiger charge is 2.22. The van der Waals surface area contributed by atoms with Crippen molar-refractivity contribution in [2.24, 2.45) is 0 Å². The number of hydrogen-bond donors (Lipinski definition) is 0. The van der Waals surface area contributed by atoms with Gasteiger partial charge in [0.05, 0.1) is 40.3 Å². The van der Waals surface area contributed by atoms with Crippen LogP contribution in [0.3, 0.4) is 0 Å². The predicted molar refractivity (Wildman–Crippen MR) is 370 cm³/mol. The summed E-state index contributed by atoms with van der Waals surface area (Å²) in [6.07, 6.45) is 99.2. The molecule has 0 saturated carbocycles. The van der Waals surface area contributed by atoms with Crippen molar-refractivity contribution in [1.82, 2.24) is 0 Å². The van der Waals surface area contributed by atoms with Crippen molar-refractivity contribution in [2.45, 2.75) is 232 Å². The molecule has 0 amide bonds. The number of carboxylic acids is 1. The molecule has 0 saturated heterocycles. The third-order valence-corrected chi connectivity index (χ3v) is 13.3. The zero-order chi connectivity index (χ0) is 63.3. The summed E-state index contributed by atoms with van der Waals surface area (Å²) in [4.78, 5) is 37.4. The third kappa shape index (κ3) is 67.5. The fourth-order valence-electron chi connectivity index (χ4n) is 8.27. The molecule has 0 aliphatic heterocycles. The first-order valence-electron chi connectivity index (χ1n) is 33.6. The first kappa shape index (κ1) is 81.1. The van der Waals surface area contributed by atoms with E-state index in [0.29, 0.717) is 17.4 Å². The molecule has 0 radical (unpaired) electrons. The predicted octanol–water partition coefficient (Wildman–Crippen LogP) is 19.7. The largest absolute Gasteiger partial charge is 0.545 e. The molecule has 9 heteroatoms. The molecule has 0 spiro atoms. The van der Waals surface area contributed by atoms with Crippen LogP contribution in [0.15, 0.2) is 194 Å². The summed E-state index contributed by atoms with van der Waals surface area (Å²) in [6, 6.07) is 0. The molecule has 486 valence electrons. The molecular formula is C78H121NO8. The van der Waals surface area contributed by atoms with Crippen LogP contribution in [0.25, 0.3) is 0 Å². The Kier molecular flexibility index (Phi) is 61.6. The maximum Gasteiger partial charge on any atom is 0.306 e. The van der Waals surface area contributed by atoms with Crippen LogP contribution in [0.5, 0.6) is 0 Å². The van der Waals surface area contributed by atoms with Gasteiger partial charge in [0, 0.05) is 12.8 Å². The molecule has 2 atom stereocenters. The molecule has 0 aliphatic carbocycles. The summed E-state index contributed by atoms with van der Waals surface area (Å²) in [5, 5.41) is 11.8. The number of hydrogen-bond acceptors (Lipinski definition) is 8. The first-order chi connectivity index (χ1) is 42.6. The topological polar surface area (TPSA) is 111 Å². The van der Waals surface area contributed by atoms with E-state index in [0.717, 1.165) is 154 Å². The third-order valence-electron chi connectivity index (χ3n) is 13.3. The van der Waals surface area contributed by atoms with E-state index in [9.17, 15) is 19.5 Å². The van der Waals surface area contributed by atoms with Crippen molar-refractivity contribution in [3.63, 3.8) is 0 Å². The van der Waals surface area contributed by atoms with Gasteiger partial charge in [0.2, 0.25) is 0 Å². The van der Waals surface area contributed by atoms with Gasteiger partial charge in [-0.25, -0.2) is 0 Å². The molecule has 0 fully saturated rings. The number of quaternary nitrogens is 1. The second-order valence-corrected chi connectivity index (χ2v) is 22.6. The number of ether oxygens (including phenoxy) is 4. The molecule has 0 aliphatic rings. The number of allylic oxidation sites excluding steroid dienone is 32. The summed E-state index contributed by atoms with van der Waals surface area (Å²) in [7, 11) is 5.90. The van der Waals surface area contributed by atoms with Crippen molar-refractivity contribution < 1.29 is 42.9 Å². The second kappa shape index (κ2) is 66.1. The van der Waals surface area contributed by atoms with Gasteiger partial charge in [-0.05, 0) is 141 Å². The van der Waals surface area contributed by atoms with Crippen molar-refractivity contribution in [2.75, 3.05) is 47.5 Å². The smallest absolute Gasteiger partial charge is 0.306 e. The lowest BCUT2D eigenvalue weighted by atomic mass is 10.1. The van der Waals surface area contributed by atoms with Gasteiger partial charge in [-0.1, -0.05) is 260 Å². The summed E-state index contributed by atoms with van der Waals surface area (Å²) in [5.41, 5.74) is 0. The Morgan fingerprint density at radius 1 is 0.345 bits per heavy atom. The first-order valence-corrected chi connectivity index (χ1v) is 33.6. The lowest BCUT2D eigenvalue weighted by Crippen LogP contribution is -2.44. The molecule has 9 nitrogen and oxygen atoms in total. The molecule has 87 heavy (non-hydrogen) atoms. The number of esters is 2. The van der Waals surface area contributed by atoms with E-state index in [1.54, 1.807) is 0 Å². The van der Waals surface area contributed by atoms with Crippen LogP contribution < -0.4 is 5.11 Å². The number of aliphatic carboxylic acids is 1. The fraction of sp³-hybridized carbons (Fsp3) is 0.551. The molecular weight excluding hydrogens is 1080 g/mol. The minimum Gasteiger partial charge on any atom is -0.545 e. The van der Waals surface area contributed by atoms with E-state index in [1.807, 2.05) is 21.1 Å². The summed E-state index contributed by atoms with van der Waals surface area (Å²) in [6.45, 7) is 4.44. The average molecular weight is 1200 g/mol. The number of carbonyl (C=O) groups is 3. The highest BCUT2D eigenvalue weighted by Crippen LogP contribution is 2.14. The monoisotopic (exact) mass is 1200 g/mol. The Bertz CT molecular complexity index is 2130. The van der Waals surface area contributed by atoms with Crippen LogP contribution in [0.2, 0.25) is 0 Å². The number of rotatable bonds is 59. The van der Waals surface area contributed by atoms with E-state index in [1.165, 1.54) is 32.1 Å². The number of carbonyl (C=O) groups excluding carboxylic acids is 3. The normalized spacial score (nSPS) is 14.0. The minimum absolute atomic E-state index is 0.128. The van der Waals surface area contributed by atoms with Gasteiger partial charge in [0.15, 0.2) is 12.4 Å². The van der Waals surface area contributed by atoms with Crippen LogP contribution in [-0.2, 0) is 33.3 Å². The Hall–Kier alpha value is -5.87. The SMILES string of the molecule is CC/C=C\C/C=C\C/C=C\C/C=C\C/C=C\C/C=C\C/C=C\C/C=C\C/C=C\C/C=C\C/C=C\CCCCCC(=O)OC(COC(=O)CCCCCCCCCCC/C=C\C/C=C\C/C=C\C/C=C\C/C=C\CC)COC(OCC[N+](C)(C)C)C(=O)[O-]. The van der Waals surface area contributed by atoms with Gasteiger partial charge in [-0.2, -0.15) is 0 Å². The number of nitrogens with zero attached hydrogens (tertiary/aromatic N) is 1. The zero-order valence-electron chi connectivity index (χ0n) is 55.3. The molecule has 2 unspecified atom stereocenters. The number of carboxylic acid groups (broad SMARTS) is 1. The van der Waals surface area contributed by atoms with Gasteiger partial charge < -0.3 is 33.3 Å². The molecule has 0 aromatic heterocycles. The van der Waals surface area contributed by atoms with Gasteiger partial charge in [-0.15, -0.1) is 0 Å². The molecule has 0 heterocycles. The van der Waals surface area contributed by atoms with Crippen LogP contribution in [0.4, 0.5) is 0 Å². The molecule has 0 N–H and O–H groups in total. The van der Waals surface area contributed by atoms with E-state index in [-0.39, 0.29) is 38.6 Å². The van der Waals surface area contributed by atoms with Gasteiger partial charge >= 0.3 is 11.9 Å². The van der Waals surface area contributed by atoms with Gasteiger partial charge in [0.1, 0.15) is 13.2 Å². The maximum absolute atomic E-state index is 12.9. The van der Waals surface area contributed by atoms with Gasteiger partial charge in [0.25, 0.3) is 0 Å². The summed E-state index contributed by atoms with van der Waals surface area (Å²) < 4.78 is 22.7. The van der Waals surface area contributed by atoms with Gasteiger partial charge in [-0.3, -0.25) is 9.59 Å². The van der Waals surface area contributed by atoms with E-state index in [4.69, 9.17) is 18.9 Å². The van der Waals surface area contributed by atoms with E-state index < -0.39 is 24.3 Å². The van der Waals surface area contributed by atoms with Crippen LogP contribution in [0.1, 0.15) is 219 Å². The van der Waals surface area contributed by atoms with Crippen molar-refractivity contribution in [3.8, 4) is 0 Å². The summed E-state index contributed by atoms with van der Waals surface area (Å²) in [5.74, 6) is -2.36. The fourth-order valence-corrected chi connectivity index (χ4v) is 8.27. The quantitative estimate of drug-likeness (QED) is 0.0195. The van der Waals surface area contributed by atoms with Crippen LogP contribution >= 0.6 is 0 Å². The number of unbranched alkanes of at least 4 members (excludes halogenated alkanes) is 12. The Balaban J connectivity index is 4.31. The Labute approximate surface area is 532 Å². The van der Waals surface area contributed by atoms with Crippen LogP contribution in [-0.4, -0.2) is 82.3 Å². The van der Waals surface area contributed by atoms with Crippen LogP contribution in [0, 0.1) is 0 Å². The van der Waals surface area contributed by atoms with E-state index >= 15 is 0 Å².